The van der Waals surface area contributed by atoms with E-state index in [1.807, 2.05) is 6.07 Å². The van der Waals surface area contributed by atoms with Crippen molar-refractivity contribution in [2.24, 2.45) is 5.41 Å². The molecule has 1 fully saturated rings. The normalized spacial score (nSPS) is 18.0. The first-order valence-electron chi connectivity index (χ1n) is 7.75. The van der Waals surface area contributed by atoms with E-state index in [1.54, 1.807) is 7.11 Å². The maximum Gasteiger partial charge on any atom is 0.0587 e. The highest BCUT2D eigenvalue weighted by atomic mass is 35.5. The summed E-state index contributed by atoms with van der Waals surface area (Å²) in [5, 5.41) is 4.24. The summed E-state index contributed by atoms with van der Waals surface area (Å²) in [6.07, 6.45) is 2.46. The Labute approximate surface area is 133 Å². The molecular weight excluding hydrogens is 284 g/mol. The second-order valence-electron chi connectivity index (χ2n) is 6.59. The molecule has 3 nitrogen and oxygen atoms in total. The molecule has 2 rings (SSSR count). The molecule has 0 unspecified atom stereocenters. The number of rotatable bonds is 6. The van der Waals surface area contributed by atoms with Gasteiger partial charge in [0.25, 0.3) is 0 Å². The van der Waals surface area contributed by atoms with Gasteiger partial charge < -0.3 is 15.0 Å². The van der Waals surface area contributed by atoms with Crippen LogP contribution < -0.4 is 10.2 Å². The van der Waals surface area contributed by atoms with Crippen molar-refractivity contribution in [3.63, 3.8) is 0 Å². The second kappa shape index (κ2) is 7.48. The zero-order valence-electron chi connectivity index (χ0n) is 13.4. The summed E-state index contributed by atoms with van der Waals surface area (Å²) in [4.78, 5) is 2.48. The predicted octanol–water partition coefficient (Wildman–Crippen LogP) is 3.70. The van der Waals surface area contributed by atoms with Gasteiger partial charge in [-0.05, 0) is 36.0 Å². The van der Waals surface area contributed by atoms with E-state index in [1.165, 1.54) is 24.1 Å². The van der Waals surface area contributed by atoms with Crippen LogP contribution in [0.5, 0.6) is 0 Å². The summed E-state index contributed by atoms with van der Waals surface area (Å²) in [5.74, 6) is 0. The first kappa shape index (κ1) is 16.6. The molecule has 21 heavy (non-hydrogen) atoms. The number of nitrogens with zero attached hydrogens (tertiary/aromatic N) is 1. The number of nitrogens with one attached hydrogen (secondary N) is 1. The van der Waals surface area contributed by atoms with E-state index in [0.717, 1.165) is 37.8 Å². The van der Waals surface area contributed by atoms with Crippen molar-refractivity contribution in [1.29, 1.82) is 0 Å². The molecule has 1 aliphatic rings. The predicted molar refractivity (Wildman–Crippen MR) is 90.3 cm³/mol. The summed E-state index contributed by atoms with van der Waals surface area (Å²) in [7, 11) is 1.73. The van der Waals surface area contributed by atoms with E-state index in [9.17, 15) is 0 Å². The Hall–Kier alpha value is -0.770. The molecule has 4 heteroatoms. The van der Waals surface area contributed by atoms with E-state index >= 15 is 0 Å². The fraction of sp³-hybridized carbons (Fsp3) is 0.647. The van der Waals surface area contributed by atoms with Crippen LogP contribution in [0.25, 0.3) is 0 Å². The minimum atomic E-state index is 0.464. The van der Waals surface area contributed by atoms with Crippen LogP contribution in [0.3, 0.4) is 0 Å². The molecule has 0 amide bonds. The third-order valence-corrected chi connectivity index (χ3v) is 4.54. The summed E-state index contributed by atoms with van der Waals surface area (Å²) in [6, 6.07) is 6.22. The SMILES string of the molecule is COCCNCc1ccc(Cl)cc1N1CCC(C)(C)CC1. The number of anilines is 1. The molecule has 1 heterocycles. The Balaban J connectivity index is 2.05. The second-order valence-corrected chi connectivity index (χ2v) is 7.03. The van der Waals surface area contributed by atoms with Crippen molar-refractivity contribution < 1.29 is 4.74 Å². The molecule has 0 saturated carbocycles. The van der Waals surface area contributed by atoms with Gasteiger partial charge in [-0.25, -0.2) is 0 Å². The number of benzene rings is 1. The number of halogens is 1. The molecule has 0 bridgehead atoms. The van der Waals surface area contributed by atoms with Gasteiger partial charge in [0.15, 0.2) is 0 Å². The molecular formula is C17H27ClN2O. The van der Waals surface area contributed by atoms with Crippen LogP contribution in [-0.4, -0.2) is 33.4 Å². The lowest BCUT2D eigenvalue weighted by atomic mass is 9.82. The van der Waals surface area contributed by atoms with Crippen LogP contribution in [0, 0.1) is 5.41 Å². The number of ether oxygens (including phenoxy) is 1. The summed E-state index contributed by atoms with van der Waals surface area (Å²) in [5.41, 5.74) is 3.06. The first-order valence-corrected chi connectivity index (χ1v) is 8.13. The minimum Gasteiger partial charge on any atom is -0.383 e. The van der Waals surface area contributed by atoms with Crippen LogP contribution in [-0.2, 0) is 11.3 Å². The standard InChI is InChI=1S/C17H27ClN2O/c1-17(2)6-9-20(10-7-17)16-12-15(18)5-4-14(16)13-19-8-11-21-3/h4-5,12,19H,6-11,13H2,1-3H3. The van der Waals surface area contributed by atoms with Crippen LogP contribution in [0.2, 0.25) is 5.02 Å². The highest BCUT2D eigenvalue weighted by Gasteiger charge is 2.26. The molecule has 1 saturated heterocycles. The smallest absolute Gasteiger partial charge is 0.0587 e. The van der Waals surface area contributed by atoms with Crippen molar-refractivity contribution in [3.8, 4) is 0 Å². The van der Waals surface area contributed by atoms with Gasteiger partial charge >= 0.3 is 0 Å². The lowest BCUT2D eigenvalue weighted by molar-refractivity contribution is 0.199. The fourth-order valence-electron chi connectivity index (χ4n) is 2.73. The van der Waals surface area contributed by atoms with Crippen LogP contribution >= 0.6 is 11.6 Å². The number of hydrogen-bond acceptors (Lipinski definition) is 3. The number of piperidine rings is 1. The van der Waals surface area contributed by atoms with E-state index < -0.39 is 0 Å². The first-order chi connectivity index (χ1) is 10.0. The van der Waals surface area contributed by atoms with Gasteiger partial charge in [0.05, 0.1) is 6.61 Å². The van der Waals surface area contributed by atoms with Gasteiger partial charge in [0.1, 0.15) is 0 Å². The van der Waals surface area contributed by atoms with Crippen molar-refractivity contribution in [2.45, 2.75) is 33.2 Å². The topological polar surface area (TPSA) is 24.5 Å². The number of methoxy groups -OCH3 is 1. The Morgan fingerprint density at radius 1 is 1.29 bits per heavy atom. The monoisotopic (exact) mass is 310 g/mol. The van der Waals surface area contributed by atoms with E-state index in [0.29, 0.717) is 5.41 Å². The number of hydrogen-bond donors (Lipinski definition) is 1. The molecule has 0 radical (unpaired) electrons. The van der Waals surface area contributed by atoms with Crippen LogP contribution in [0.1, 0.15) is 32.3 Å². The lowest BCUT2D eigenvalue weighted by Crippen LogP contribution is -2.38. The molecule has 1 aromatic carbocycles. The molecule has 118 valence electrons. The summed E-state index contributed by atoms with van der Waals surface area (Å²) < 4.78 is 5.07. The zero-order chi connectivity index (χ0) is 15.3. The largest absolute Gasteiger partial charge is 0.383 e. The van der Waals surface area contributed by atoms with Crippen molar-refractivity contribution in [2.75, 3.05) is 38.3 Å². The van der Waals surface area contributed by atoms with Gasteiger partial charge in [-0.3, -0.25) is 0 Å². The molecule has 0 aliphatic carbocycles. The maximum absolute atomic E-state index is 6.21. The van der Waals surface area contributed by atoms with Crippen molar-refractivity contribution in [1.82, 2.24) is 5.32 Å². The highest BCUT2D eigenvalue weighted by molar-refractivity contribution is 6.30. The molecule has 0 spiro atoms. The Morgan fingerprint density at radius 2 is 2.00 bits per heavy atom. The zero-order valence-corrected chi connectivity index (χ0v) is 14.2. The Morgan fingerprint density at radius 3 is 2.67 bits per heavy atom. The maximum atomic E-state index is 6.21. The average molecular weight is 311 g/mol. The third kappa shape index (κ3) is 4.87. The molecule has 1 N–H and O–H groups in total. The van der Waals surface area contributed by atoms with Crippen molar-refractivity contribution >= 4 is 17.3 Å². The van der Waals surface area contributed by atoms with Gasteiger partial charge in [-0.2, -0.15) is 0 Å². The molecule has 1 aliphatic heterocycles. The average Bonchev–Trinajstić information content (AvgIpc) is 2.45. The summed E-state index contributed by atoms with van der Waals surface area (Å²) in [6.45, 7) is 9.39. The molecule has 1 aromatic rings. The van der Waals surface area contributed by atoms with E-state index in [4.69, 9.17) is 16.3 Å². The molecule has 0 atom stereocenters. The molecule has 0 aromatic heterocycles. The van der Waals surface area contributed by atoms with Crippen LogP contribution in [0.15, 0.2) is 18.2 Å². The van der Waals surface area contributed by atoms with Gasteiger partial charge in [-0.1, -0.05) is 31.5 Å². The van der Waals surface area contributed by atoms with Gasteiger partial charge in [-0.15, -0.1) is 0 Å². The van der Waals surface area contributed by atoms with Gasteiger partial charge in [0, 0.05) is 44.0 Å². The Kier molecular flexibility index (Phi) is 5.91. The summed E-state index contributed by atoms with van der Waals surface area (Å²) >= 11 is 6.21. The quantitative estimate of drug-likeness (QED) is 0.811. The van der Waals surface area contributed by atoms with E-state index in [-0.39, 0.29) is 0 Å². The van der Waals surface area contributed by atoms with Crippen LogP contribution in [0.4, 0.5) is 5.69 Å². The van der Waals surface area contributed by atoms with Crippen molar-refractivity contribution in [3.05, 3.63) is 28.8 Å². The minimum absolute atomic E-state index is 0.464. The Bertz CT molecular complexity index is 452. The fourth-order valence-corrected chi connectivity index (χ4v) is 2.90. The van der Waals surface area contributed by atoms with Gasteiger partial charge in [0.2, 0.25) is 0 Å². The highest BCUT2D eigenvalue weighted by Crippen LogP contribution is 2.34. The third-order valence-electron chi connectivity index (χ3n) is 4.30. The van der Waals surface area contributed by atoms with E-state index in [2.05, 4.69) is 36.2 Å². The lowest BCUT2D eigenvalue weighted by Gasteiger charge is -2.39.